The van der Waals surface area contributed by atoms with E-state index < -0.39 is 0 Å². The lowest BCUT2D eigenvalue weighted by Crippen LogP contribution is -2.41. The number of aromatic nitrogens is 1. The van der Waals surface area contributed by atoms with Crippen LogP contribution in [0.2, 0.25) is 0 Å². The van der Waals surface area contributed by atoms with Gasteiger partial charge in [0.05, 0.1) is 0 Å². The molecule has 0 saturated carbocycles. The van der Waals surface area contributed by atoms with E-state index in [0.717, 1.165) is 5.69 Å². The Hall–Kier alpha value is -0.930. The van der Waals surface area contributed by atoms with E-state index in [1.807, 2.05) is 32.0 Å². The van der Waals surface area contributed by atoms with E-state index in [1.165, 1.54) is 0 Å². The molecule has 1 atom stereocenters. The molecule has 0 aliphatic carbocycles. The van der Waals surface area contributed by atoms with Crippen molar-refractivity contribution >= 4 is 0 Å². The molecule has 0 spiro atoms. The number of aliphatic hydroxyl groups excluding tert-OH is 1. The Balaban J connectivity index is 2.62. The third-order valence-corrected chi connectivity index (χ3v) is 2.57. The van der Waals surface area contributed by atoms with Crippen molar-refractivity contribution in [3.8, 4) is 0 Å². The predicted octanol–water partition coefficient (Wildman–Crippen LogP) is 0.970. The van der Waals surface area contributed by atoms with Crippen molar-refractivity contribution in [1.29, 1.82) is 0 Å². The van der Waals surface area contributed by atoms with Crippen LogP contribution in [0.5, 0.6) is 0 Å². The van der Waals surface area contributed by atoms with Gasteiger partial charge in [-0.15, -0.1) is 0 Å². The predicted molar refractivity (Wildman–Crippen MR) is 56.8 cm³/mol. The maximum atomic E-state index is 9.14. The summed E-state index contributed by atoms with van der Waals surface area (Å²) in [5, 5.41) is 9.14. The van der Waals surface area contributed by atoms with Gasteiger partial charge in [-0.3, -0.25) is 4.98 Å². The van der Waals surface area contributed by atoms with E-state index in [-0.39, 0.29) is 18.1 Å². The fourth-order valence-corrected chi connectivity index (χ4v) is 1.14. The number of nitrogens with zero attached hydrogens (tertiary/aromatic N) is 1. The Morgan fingerprint density at radius 3 is 2.71 bits per heavy atom. The van der Waals surface area contributed by atoms with E-state index in [9.17, 15) is 0 Å². The average Bonchev–Trinajstić information content (AvgIpc) is 2.19. The Morgan fingerprint density at radius 2 is 2.21 bits per heavy atom. The molecule has 1 aromatic heterocycles. The van der Waals surface area contributed by atoms with E-state index in [1.54, 1.807) is 6.20 Å². The van der Waals surface area contributed by atoms with Crippen LogP contribution in [0.1, 0.15) is 19.5 Å². The molecule has 0 unspecified atom stereocenters. The third-order valence-electron chi connectivity index (χ3n) is 2.57. The van der Waals surface area contributed by atoms with Gasteiger partial charge in [0.15, 0.2) is 0 Å². The van der Waals surface area contributed by atoms with Gasteiger partial charge in [0.1, 0.15) is 0 Å². The van der Waals surface area contributed by atoms with Crippen LogP contribution in [0.25, 0.3) is 0 Å². The maximum absolute atomic E-state index is 9.14. The van der Waals surface area contributed by atoms with E-state index in [4.69, 9.17) is 10.8 Å². The van der Waals surface area contributed by atoms with Crippen molar-refractivity contribution in [2.45, 2.75) is 26.3 Å². The van der Waals surface area contributed by atoms with Crippen LogP contribution in [0.3, 0.4) is 0 Å². The van der Waals surface area contributed by atoms with Gasteiger partial charge >= 0.3 is 0 Å². The zero-order valence-electron chi connectivity index (χ0n) is 8.77. The molecule has 1 rings (SSSR count). The summed E-state index contributed by atoms with van der Waals surface area (Å²) in [5.74, 6) is 0. The molecule has 14 heavy (non-hydrogen) atoms. The smallest absolute Gasteiger partial charge is 0.0497 e. The monoisotopic (exact) mass is 194 g/mol. The van der Waals surface area contributed by atoms with Gasteiger partial charge in [0, 0.05) is 36.4 Å². The quantitative estimate of drug-likeness (QED) is 0.751. The normalized spacial score (nSPS) is 14.0. The van der Waals surface area contributed by atoms with Crippen LogP contribution in [0.4, 0.5) is 0 Å². The third kappa shape index (κ3) is 2.79. The highest BCUT2D eigenvalue weighted by Crippen LogP contribution is 2.20. The first-order valence-electron chi connectivity index (χ1n) is 4.82. The van der Waals surface area contributed by atoms with Gasteiger partial charge in [0.25, 0.3) is 0 Å². The molecule has 78 valence electrons. The van der Waals surface area contributed by atoms with Crippen molar-refractivity contribution < 1.29 is 5.11 Å². The lowest BCUT2D eigenvalue weighted by Gasteiger charge is -2.29. The van der Waals surface area contributed by atoms with Crippen LogP contribution >= 0.6 is 0 Å². The highest BCUT2D eigenvalue weighted by atomic mass is 16.3. The average molecular weight is 194 g/mol. The van der Waals surface area contributed by atoms with E-state index in [0.29, 0.717) is 6.42 Å². The minimum atomic E-state index is -0.252. The number of aliphatic hydroxyl groups is 1. The molecule has 0 saturated heterocycles. The molecule has 3 nitrogen and oxygen atoms in total. The summed E-state index contributed by atoms with van der Waals surface area (Å²) in [5.41, 5.74) is 6.72. The van der Waals surface area contributed by atoms with Crippen LogP contribution in [-0.4, -0.2) is 22.7 Å². The molecule has 1 aromatic rings. The SMILES string of the molecule is CC(C)(CO)[C@H](N)Cc1ccccn1. The van der Waals surface area contributed by atoms with Gasteiger partial charge in [0.2, 0.25) is 0 Å². The molecule has 0 bridgehead atoms. The molecule has 0 aromatic carbocycles. The number of rotatable bonds is 4. The molecule has 0 radical (unpaired) electrons. The van der Waals surface area contributed by atoms with E-state index in [2.05, 4.69) is 4.98 Å². The number of nitrogens with two attached hydrogens (primary N) is 1. The molecule has 0 amide bonds. The summed E-state index contributed by atoms with van der Waals surface area (Å²) in [7, 11) is 0. The Morgan fingerprint density at radius 1 is 1.50 bits per heavy atom. The first-order valence-corrected chi connectivity index (χ1v) is 4.82. The Labute approximate surface area is 85.0 Å². The van der Waals surface area contributed by atoms with Gasteiger partial charge < -0.3 is 10.8 Å². The second-order valence-corrected chi connectivity index (χ2v) is 4.28. The van der Waals surface area contributed by atoms with Crippen molar-refractivity contribution in [2.24, 2.45) is 11.1 Å². The zero-order valence-corrected chi connectivity index (χ0v) is 8.77. The highest BCUT2D eigenvalue weighted by molar-refractivity contribution is 5.06. The number of hydrogen-bond acceptors (Lipinski definition) is 3. The molecule has 0 fully saturated rings. The molecule has 3 N–H and O–H groups in total. The van der Waals surface area contributed by atoms with Crippen molar-refractivity contribution in [2.75, 3.05) is 6.61 Å². The summed E-state index contributed by atoms with van der Waals surface area (Å²) < 4.78 is 0. The molecular weight excluding hydrogens is 176 g/mol. The van der Waals surface area contributed by atoms with Gasteiger partial charge in [-0.05, 0) is 12.1 Å². The standard InChI is InChI=1S/C11H18N2O/c1-11(2,8-14)10(12)7-9-5-3-4-6-13-9/h3-6,10,14H,7-8,12H2,1-2H3/t10-/m1/s1. The fourth-order valence-electron chi connectivity index (χ4n) is 1.14. The summed E-state index contributed by atoms with van der Waals surface area (Å²) >= 11 is 0. The molecule has 3 heteroatoms. The molecular formula is C11H18N2O. The first-order chi connectivity index (χ1) is 6.56. The van der Waals surface area contributed by atoms with Crippen LogP contribution in [-0.2, 0) is 6.42 Å². The molecule has 1 heterocycles. The summed E-state index contributed by atoms with van der Waals surface area (Å²) in [6, 6.07) is 5.71. The van der Waals surface area contributed by atoms with Gasteiger partial charge in [-0.1, -0.05) is 19.9 Å². The largest absolute Gasteiger partial charge is 0.396 e. The number of hydrogen-bond donors (Lipinski definition) is 2. The number of pyridine rings is 1. The lowest BCUT2D eigenvalue weighted by atomic mass is 9.83. The minimum Gasteiger partial charge on any atom is -0.396 e. The molecule has 0 aliphatic heterocycles. The Bertz CT molecular complexity index is 272. The minimum absolute atomic E-state index is 0.0672. The van der Waals surface area contributed by atoms with Gasteiger partial charge in [-0.25, -0.2) is 0 Å². The summed E-state index contributed by atoms with van der Waals surface area (Å²) in [6.07, 6.45) is 2.46. The zero-order chi connectivity index (χ0) is 10.6. The van der Waals surface area contributed by atoms with Gasteiger partial charge in [-0.2, -0.15) is 0 Å². The summed E-state index contributed by atoms with van der Waals surface area (Å²) in [4.78, 5) is 4.20. The maximum Gasteiger partial charge on any atom is 0.0497 e. The second-order valence-electron chi connectivity index (χ2n) is 4.28. The first kappa shape index (κ1) is 11.1. The molecule has 0 aliphatic rings. The highest BCUT2D eigenvalue weighted by Gasteiger charge is 2.25. The topological polar surface area (TPSA) is 59.1 Å². The van der Waals surface area contributed by atoms with Crippen LogP contribution in [0, 0.1) is 5.41 Å². The van der Waals surface area contributed by atoms with Crippen molar-refractivity contribution in [1.82, 2.24) is 4.98 Å². The van der Waals surface area contributed by atoms with Crippen molar-refractivity contribution in [3.05, 3.63) is 30.1 Å². The Kier molecular flexibility index (Phi) is 3.61. The van der Waals surface area contributed by atoms with E-state index >= 15 is 0 Å². The van der Waals surface area contributed by atoms with Crippen LogP contribution in [0.15, 0.2) is 24.4 Å². The summed E-state index contributed by atoms with van der Waals surface area (Å²) in [6.45, 7) is 4.02. The lowest BCUT2D eigenvalue weighted by molar-refractivity contribution is 0.131. The van der Waals surface area contributed by atoms with Crippen LogP contribution < -0.4 is 5.73 Å². The van der Waals surface area contributed by atoms with Crippen molar-refractivity contribution in [3.63, 3.8) is 0 Å². The fraction of sp³-hybridized carbons (Fsp3) is 0.545. The second kappa shape index (κ2) is 4.53.